The number of rotatable bonds is 6. The second-order valence-electron chi connectivity index (χ2n) is 5.20. The predicted molar refractivity (Wildman–Crippen MR) is 72.9 cm³/mol. The van der Waals surface area contributed by atoms with Crippen LogP contribution in [0.4, 0.5) is 5.13 Å². The highest BCUT2D eigenvalue weighted by molar-refractivity contribution is 7.15. The van der Waals surface area contributed by atoms with E-state index in [1.807, 2.05) is 11.3 Å². The van der Waals surface area contributed by atoms with Gasteiger partial charge in [-0.1, -0.05) is 6.92 Å². The highest BCUT2D eigenvalue weighted by Crippen LogP contribution is 2.45. The van der Waals surface area contributed by atoms with E-state index < -0.39 is 0 Å². The lowest BCUT2D eigenvalue weighted by Crippen LogP contribution is -2.18. The van der Waals surface area contributed by atoms with E-state index in [1.165, 1.54) is 41.4 Å². The Morgan fingerprint density at radius 2 is 2.12 bits per heavy atom. The highest BCUT2D eigenvalue weighted by atomic mass is 32.1. The molecule has 0 spiro atoms. The van der Waals surface area contributed by atoms with E-state index in [0.717, 1.165) is 25.0 Å². The molecule has 2 fully saturated rings. The molecule has 4 heteroatoms. The molecular formula is C13H21N3S. The molecule has 1 aromatic heterocycles. The molecule has 17 heavy (non-hydrogen) atoms. The Kier molecular flexibility index (Phi) is 3.09. The Labute approximate surface area is 107 Å². The van der Waals surface area contributed by atoms with Gasteiger partial charge in [-0.3, -0.25) is 0 Å². The van der Waals surface area contributed by atoms with Gasteiger partial charge in [0.1, 0.15) is 0 Å². The Morgan fingerprint density at radius 1 is 1.35 bits per heavy atom. The first-order chi connectivity index (χ1) is 8.29. The fourth-order valence-electron chi connectivity index (χ4n) is 2.16. The number of aromatic nitrogens is 1. The van der Waals surface area contributed by atoms with Crippen molar-refractivity contribution in [3.05, 3.63) is 10.6 Å². The van der Waals surface area contributed by atoms with Crippen molar-refractivity contribution in [3.63, 3.8) is 0 Å². The second kappa shape index (κ2) is 4.58. The smallest absolute Gasteiger partial charge is 0.185 e. The lowest BCUT2D eigenvalue weighted by atomic mass is 10.2. The van der Waals surface area contributed by atoms with Crippen LogP contribution in [0.15, 0.2) is 0 Å². The maximum Gasteiger partial charge on any atom is 0.185 e. The number of anilines is 1. The van der Waals surface area contributed by atoms with Crippen molar-refractivity contribution in [1.29, 1.82) is 0 Å². The summed E-state index contributed by atoms with van der Waals surface area (Å²) in [6.07, 6.45) is 5.37. The molecule has 3 nitrogen and oxygen atoms in total. The van der Waals surface area contributed by atoms with Crippen molar-refractivity contribution in [1.82, 2.24) is 10.3 Å². The summed E-state index contributed by atoms with van der Waals surface area (Å²) >= 11 is 1.90. The van der Waals surface area contributed by atoms with Gasteiger partial charge in [0.15, 0.2) is 5.13 Å². The molecule has 94 valence electrons. The van der Waals surface area contributed by atoms with Gasteiger partial charge < -0.3 is 10.2 Å². The molecule has 0 aliphatic heterocycles. The maximum atomic E-state index is 4.89. The predicted octanol–water partition coefficient (Wildman–Crippen LogP) is 2.73. The highest BCUT2D eigenvalue weighted by Gasteiger charge is 2.33. The second-order valence-corrected chi connectivity index (χ2v) is 6.26. The fourth-order valence-corrected chi connectivity index (χ4v) is 3.31. The summed E-state index contributed by atoms with van der Waals surface area (Å²) in [5, 5.41) is 4.67. The molecule has 0 amide bonds. The molecule has 0 atom stereocenters. The topological polar surface area (TPSA) is 28.2 Å². The number of hydrogen-bond acceptors (Lipinski definition) is 4. The van der Waals surface area contributed by atoms with Crippen LogP contribution in [-0.4, -0.2) is 24.6 Å². The Balaban J connectivity index is 1.79. The summed E-state index contributed by atoms with van der Waals surface area (Å²) in [5.41, 5.74) is 1.39. The van der Waals surface area contributed by atoms with Gasteiger partial charge in [0, 0.05) is 30.4 Å². The summed E-state index contributed by atoms with van der Waals surface area (Å²) in [6.45, 7) is 4.20. The van der Waals surface area contributed by atoms with E-state index in [2.05, 4.69) is 24.2 Å². The number of nitrogens with one attached hydrogen (secondary N) is 1. The van der Waals surface area contributed by atoms with Gasteiger partial charge in [-0.15, -0.1) is 11.3 Å². The standard InChI is InChI=1S/C13H21N3S/c1-3-14-8-11-12(9-4-5-9)15-13(17-11)16(2)10-6-7-10/h9-10,14H,3-8H2,1-2H3. The third-order valence-electron chi connectivity index (χ3n) is 3.61. The SMILES string of the molecule is CCNCc1sc(N(C)C2CC2)nc1C1CC1. The van der Waals surface area contributed by atoms with Crippen LogP contribution >= 0.6 is 11.3 Å². The van der Waals surface area contributed by atoms with Gasteiger partial charge >= 0.3 is 0 Å². The van der Waals surface area contributed by atoms with Gasteiger partial charge in [-0.2, -0.15) is 0 Å². The summed E-state index contributed by atoms with van der Waals surface area (Å²) in [4.78, 5) is 8.74. The van der Waals surface area contributed by atoms with Crippen molar-refractivity contribution in [2.24, 2.45) is 0 Å². The molecule has 2 aliphatic rings. The van der Waals surface area contributed by atoms with Gasteiger partial charge in [-0.25, -0.2) is 4.98 Å². The third-order valence-corrected chi connectivity index (χ3v) is 4.77. The maximum absolute atomic E-state index is 4.89. The van der Waals surface area contributed by atoms with Crippen molar-refractivity contribution in [2.45, 2.75) is 51.1 Å². The quantitative estimate of drug-likeness (QED) is 0.842. The van der Waals surface area contributed by atoms with Crippen LogP contribution in [0.1, 0.15) is 49.1 Å². The summed E-state index contributed by atoms with van der Waals surface area (Å²) in [7, 11) is 2.20. The zero-order valence-corrected chi connectivity index (χ0v) is 11.5. The first-order valence-electron chi connectivity index (χ1n) is 6.72. The van der Waals surface area contributed by atoms with Crippen LogP contribution in [-0.2, 0) is 6.54 Å². The minimum absolute atomic E-state index is 0.764. The van der Waals surface area contributed by atoms with E-state index in [1.54, 1.807) is 0 Å². The van der Waals surface area contributed by atoms with Gasteiger partial charge in [-0.05, 0) is 32.2 Å². The van der Waals surface area contributed by atoms with Crippen molar-refractivity contribution < 1.29 is 0 Å². The van der Waals surface area contributed by atoms with Crippen molar-refractivity contribution >= 4 is 16.5 Å². The first kappa shape index (κ1) is 11.5. The number of thiazole rings is 1. The molecule has 1 N–H and O–H groups in total. The lowest BCUT2D eigenvalue weighted by molar-refractivity contribution is 0.726. The Morgan fingerprint density at radius 3 is 2.71 bits per heavy atom. The van der Waals surface area contributed by atoms with Crippen LogP contribution in [0.5, 0.6) is 0 Å². The molecule has 0 saturated heterocycles. The van der Waals surface area contributed by atoms with E-state index >= 15 is 0 Å². The zero-order chi connectivity index (χ0) is 11.8. The molecule has 0 bridgehead atoms. The van der Waals surface area contributed by atoms with Crippen LogP contribution in [0.3, 0.4) is 0 Å². The van der Waals surface area contributed by atoms with Crippen LogP contribution in [0.2, 0.25) is 0 Å². The summed E-state index contributed by atoms with van der Waals surface area (Å²) < 4.78 is 0. The van der Waals surface area contributed by atoms with E-state index in [0.29, 0.717) is 0 Å². The number of nitrogens with zero attached hydrogens (tertiary/aromatic N) is 2. The zero-order valence-electron chi connectivity index (χ0n) is 10.7. The molecule has 1 aromatic rings. The molecule has 0 unspecified atom stereocenters. The minimum atomic E-state index is 0.764. The van der Waals surface area contributed by atoms with Crippen LogP contribution in [0, 0.1) is 0 Å². The van der Waals surface area contributed by atoms with E-state index in [9.17, 15) is 0 Å². The Hall–Kier alpha value is -0.610. The summed E-state index contributed by atoms with van der Waals surface area (Å²) in [6, 6.07) is 0.764. The monoisotopic (exact) mass is 251 g/mol. The first-order valence-corrected chi connectivity index (χ1v) is 7.54. The minimum Gasteiger partial charge on any atom is -0.348 e. The molecule has 3 rings (SSSR count). The van der Waals surface area contributed by atoms with E-state index in [-0.39, 0.29) is 0 Å². The lowest BCUT2D eigenvalue weighted by Gasteiger charge is -2.13. The molecule has 2 saturated carbocycles. The van der Waals surface area contributed by atoms with Gasteiger partial charge in [0.25, 0.3) is 0 Å². The molecule has 0 radical (unpaired) electrons. The van der Waals surface area contributed by atoms with Crippen molar-refractivity contribution in [3.8, 4) is 0 Å². The molecular weight excluding hydrogens is 230 g/mol. The van der Waals surface area contributed by atoms with Crippen molar-refractivity contribution in [2.75, 3.05) is 18.5 Å². The largest absolute Gasteiger partial charge is 0.348 e. The fraction of sp³-hybridized carbons (Fsp3) is 0.769. The van der Waals surface area contributed by atoms with Crippen LogP contribution in [0.25, 0.3) is 0 Å². The van der Waals surface area contributed by atoms with Gasteiger partial charge in [0.05, 0.1) is 5.69 Å². The number of hydrogen-bond donors (Lipinski definition) is 1. The third kappa shape index (κ3) is 2.47. The average Bonchev–Trinajstić information content (AvgIpc) is 3.21. The van der Waals surface area contributed by atoms with E-state index in [4.69, 9.17) is 4.98 Å². The normalized spacial score (nSPS) is 19.6. The molecule has 0 aromatic carbocycles. The molecule has 1 heterocycles. The van der Waals surface area contributed by atoms with Crippen LogP contribution < -0.4 is 10.2 Å². The molecule has 2 aliphatic carbocycles. The average molecular weight is 251 g/mol. The summed E-state index contributed by atoms with van der Waals surface area (Å²) in [5.74, 6) is 0.765. The Bertz CT molecular complexity index is 393. The van der Waals surface area contributed by atoms with Gasteiger partial charge in [0.2, 0.25) is 0 Å².